The summed E-state index contributed by atoms with van der Waals surface area (Å²) >= 11 is 0. The minimum absolute atomic E-state index is 0.587. The fourth-order valence-electron chi connectivity index (χ4n) is 3.01. The Bertz CT molecular complexity index is 481. The van der Waals surface area contributed by atoms with E-state index in [0.29, 0.717) is 23.2 Å². The van der Waals surface area contributed by atoms with Gasteiger partial charge in [0.05, 0.1) is 11.3 Å². The van der Waals surface area contributed by atoms with Gasteiger partial charge in [0.15, 0.2) is 0 Å². The first kappa shape index (κ1) is 14.7. The molecule has 108 valence electrons. The smallest absolute Gasteiger partial charge is 0.101 e. The van der Waals surface area contributed by atoms with Gasteiger partial charge in [-0.25, -0.2) is 0 Å². The quantitative estimate of drug-likeness (QED) is 0.825. The molecule has 0 saturated heterocycles. The van der Waals surface area contributed by atoms with Gasteiger partial charge in [-0.3, -0.25) is 0 Å². The van der Waals surface area contributed by atoms with Gasteiger partial charge in [-0.2, -0.15) is 5.26 Å². The van der Waals surface area contributed by atoms with Crippen LogP contribution in [0, 0.1) is 17.2 Å². The number of hydrogen-bond acceptors (Lipinski definition) is 3. The maximum Gasteiger partial charge on any atom is 0.101 e. The molecule has 1 saturated carbocycles. The predicted octanol–water partition coefficient (Wildman–Crippen LogP) is 3.94. The van der Waals surface area contributed by atoms with E-state index >= 15 is 0 Å². The molecule has 0 aromatic heterocycles. The molecule has 0 atom stereocenters. The molecular weight excluding hydrogens is 246 g/mol. The van der Waals surface area contributed by atoms with Crippen molar-refractivity contribution in [2.24, 2.45) is 5.92 Å². The van der Waals surface area contributed by atoms with Crippen molar-refractivity contribution in [2.45, 2.75) is 52.0 Å². The van der Waals surface area contributed by atoms with Gasteiger partial charge in [0.1, 0.15) is 6.07 Å². The molecule has 1 aliphatic rings. The number of rotatable bonds is 5. The van der Waals surface area contributed by atoms with E-state index in [9.17, 15) is 5.26 Å². The summed E-state index contributed by atoms with van der Waals surface area (Å²) in [6.45, 7) is 5.53. The van der Waals surface area contributed by atoms with Crippen LogP contribution in [0.25, 0.3) is 0 Å². The summed E-state index contributed by atoms with van der Waals surface area (Å²) in [6, 6.07) is 8.62. The highest BCUT2D eigenvalue weighted by Gasteiger charge is 2.24. The Hall–Kier alpha value is -1.69. The molecule has 1 aromatic rings. The van der Waals surface area contributed by atoms with Gasteiger partial charge in [0.2, 0.25) is 0 Å². The van der Waals surface area contributed by atoms with Crippen LogP contribution >= 0.6 is 0 Å². The molecular formula is C17H25N3. The first-order valence-corrected chi connectivity index (χ1v) is 7.68. The van der Waals surface area contributed by atoms with Crippen LogP contribution in [-0.4, -0.2) is 12.6 Å². The summed E-state index contributed by atoms with van der Waals surface area (Å²) in [7, 11) is 0. The number of nitriles is 1. The molecule has 3 nitrogen and oxygen atoms in total. The Morgan fingerprint density at radius 1 is 1.35 bits per heavy atom. The van der Waals surface area contributed by atoms with E-state index < -0.39 is 0 Å². The lowest BCUT2D eigenvalue weighted by molar-refractivity contribution is 0.528. The molecule has 2 rings (SSSR count). The molecule has 1 aromatic carbocycles. The van der Waals surface area contributed by atoms with Crippen LogP contribution in [0.4, 0.5) is 11.4 Å². The summed E-state index contributed by atoms with van der Waals surface area (Å²) < 4.78 is 0. The van der Waals surface area contributed by atoms with Crippen LogP contribution in [0.2, 0.25) is 0 Å². The molecule has 3 heteroatoms. The second-order valence-corrected chi connectivity index (χ2v) is 6.20. The average molecular weight is 271 g/mol. The summed E-state index contributed by atoms with van der Waals surface area (Å²) in [4.78, 5) is 2.45. The Labute approximate surface area is 122 Å². The third-order valence-corrected chi connectivity index (χ3v) is 4.16. The normalized spacial score (nSPS) is 15.5. The number of anilines is 2. The zero-order valence-electron chi connectivity index (χ0n) is 12.6. The second kappa shape index (κ2) is 6.65. The van der Waals surface area contributed by atoms with Crippen molar-refractivity contribution in [1.29, 1.82) is 5.26 Å². The molecule has 0 radical (unpaired) electrons. The van der Waals surface area contributed by atoms with E-state index in [0.717, 1.165) is 18.7 Å². The monoisotopic (exact) mass is 271 g/mol. The molecule has 1 fully saturated rings. The molecule has 2 N–H and O–H groups in total. The number of nitrogens with two attached hydrogens (primary N) is 1. The van der Waals surface area contributed by atoms with Crippen LogP contribution in [0.5, 0.6) is 0 Å². The zero-order valence-corrected chi connectivity index (χ0v) is 12.6. The zero-order chi connectivity index (χ0) is 14.5. The fraction of sp³-hybridized carbons (Fsp3) is 0.588. The van der Waals surface area contributed by atoms with Crippen molar-refractivity contribution in [3.8, 4) is 6.07 Å². The summed E-state index contributed by atoms with van der Waals surface area (Å²) in [5.74, 6) is 0.679. The van der Waals surface area contributed by atoms with Gasteiger partial charge in [-0.05, 0) is 43.4 Å². The molecule has 1 aliphatic carbocycles. The SMILES string of the molecule is CC(C)CCN(c1ccc(N)cc1C#N)C1CCCC1. The maximum atomic E-state index is 9.38. The molecule has 0 unspecified atom stereocenters. The first-order valence-electron chi connectivity index (χ1n) is 7.68. The number of hydrogen-bond donors (Lipinski definition) is 1. The lowest BCUT2D eigenvalue weighted by atomic mass is 10.1. The van der Waals surface area contributed by atoms with Crippen LogP contribution in [0.3, 0.4) is 0 Å². The third-order valence-electron chi connectivity index (χ3n) is 4.16. The molecule has 20 heavy (non-hydrogen) atoms. The summed E-state index contributed by atoms with van der Waals surface area (Å²) in [5.41, 5.74) is 8.25. The fourth-order valence-corrected chi connectivity index (χ4v) is 3.01. The summed E-state index contributed by atoms with van der Waals surface area (Å²) in [6.07, 6.45) is 6.26. The van der Waals surface area contributed by atoms with Crippen molar-refractivity contribution >= 4 is 11.4 Å². The Morgan fingerprint density at radius 2 is 2.05 bits per heavy atom. The number of benzene rings is 1. The third kappa shape index (κ3) is 3.45. The van der Waals surface area contributed by atoms with Gasteiger partial charge in [-0.1, -0.05) is 26.7 Å². The van der Waals surface area contributed by atoms with E-state index in [1.807, 2.05) is 12.1 Å². The van der Waals surface area contributed by atoms with Crippen molar-refractivity contribution in [3.63, 3.8) is 0 Å². The van der Waals surface area contributed by atoms with E-state index in [2.05, 4.69) is 24.8 Å². The standard InChI is InChI=1S/C17H25N3/c1-13(2)9-10-20(16-5-3-4-6-16)17-8-7-15(19)11-14(17)12-18/h7-8,11,13,16H,3-6,9-10,19H2,1-2H3. The molecule has 0 bridgehead atoms. The van der Waals surface area contributed by atoms with Crippen LogP contribution in [0.15, 0.2) is 18.2 Å². The minimum atomic E-state index is 0.587. The highest BCUT2D eigenvalue weighted by molar-refractivity contribution is 5.64. The topological polar surface area (TPSA) is 53.0 Å². The second-order valence-electron chi connectivity index (χ2n) is 6.20. The molecule has 0 aliphatic heterocycles. The Balaban J connectivity index is 2.27. The number of nitrogens with zero attached hydrogens (tertiary/aromatic N) is 2. The molecule has 0 heterocycles. The largest absolute Gasteiger partial charge is 0.399 e. The van der Waals surface area contributed by atoms with Gasteiger partial charge in [-0.15, -0.1) is 0 Å². The van der Waals surface area contributed by atoms with Crippen LogP contribution in [-0.2, 0) is 0 Å². The van der Waals surface area contributed by atoms with Crippen molar-refractivity contribution in [2.75, 3.05) is 17.2 Å². The number of nitrogen functional groups attached to an aromatic ring is 1. The van der Waals surface area contributed by atoms with Gasteiger partial charge in [0.25, 0.3) is 0 Å². The van der Waals surface area contributed by atoms with Gasteiger partial charge >= 0.3 is 0 Å². The first-order chi connectivity index (χ1) is 9.61. The van der Waals surface area contributed by atoms with Crippen molar-refractivity contribution < 1.29 is 0 Å². The lowest BCUT2D eigenvalue weighted by Crippen LogP contribution is -2.35. The lowest BCUT2D eigenvalue weighted by Gasteiger charge is -2.32. The molecule has 0 amide bonds. The van der Waals surface area contributed by atoms with Crippen LogP contribution in [0.1, 0.15) is 51.5 Å². The van der Waals surface area contributed by atoms with E-state index in [1.54, 1.807) is 6.07 Å². The molecule has 0 spiro atoms. The Kier molecular flexibility index (Phi) is 4.89. The Morgan fingerprint density at radius 3 is 2.65 bits per heavy atom. The predicted molar refractivity (Wildman–Crippen MR) is 84.6 cm³/mol. The maximum absolute atomic E-state index is 9.38. The van der Waals surface area contributed by atoms with Gasteiger partial charge in [0, 0.05) is 18.3 Å². The minimum Gasteiger partial charge on any atom is -0.399 e. The highest BCUT2D eigenvalue weighted by Crippen LogP contribution is 2.31. The highest BCUT2D eigenvalue weighted by atomic mass is 15.2. The average Bonchev–Trinajstić information content (AvgIpc) is 2.94. The van der Waals surface area contributed by atoms with Crippen molar-refractivity contribution in [3.05, 3.63) is 23.8 Å². The van der Waals surface area contributed by atoms with E-state index in [4.69, 9.17) is 5.73 Å². The van der Waals surface area contributed by atoms with Gasteiger partial charge < -0.3 is 10.6 Å². The summed E-state index contributed by atoms with van der Waals surface area (Å²) in [5, 5.41) is 9.38. The van der Waals surface area contributed by atoms with E-state index in [1.165, 1.54) is 25.7 Å². The van der Waals surface area contributed by atoms with E-state index in [-0.39, 0.29) is 0 Å². The van der Waals surface area contributed by atoms with Crippen LogP contribution < -0.4 is 10.6 Å². The van der Waals surface area contributed by atoms with Crippen molar-refractivity contribution in [1.82, 2.24) is 0 Å².